The standard InChI is InChI=1S/C23H28ClNO4/c1-6-20(29-17-11-8-15(9-12-17)23(3,4)5)21(26)25-16-10-13-19(24)18(14-16)22(27)28-7-2/h8-14,20H,6-7H2,1-5H3,(H,25,26)/t20-/m0/s1. The molecule has 0 unspecified atom stereocenters. The van der Waals surface area contributed by atoms with Crippen LogP contribution in [0.25, 0.3) is 0 Å². The third-order valence-electron chi connectivity index (χ3n) is 4.39. The van der Waals surface area contributed by atoms with E-state index in [2.05, 4.69) is 26.1 Å². The molecular formula is C23H28ClNO4. The maximum Gasteiger partial charge on any atom is 0.339 e. The summed E-state index contributed by atoms with van der Waals surface area (Å²) in [6, 6.07) is 12.4. The quantitative estimate of drug-likeness (QED) is 0.594. The molecule has 0 bridgehead atoms. The fourth-order valence-electron chi connectivity index (χ4n) is 2.71. The van der Waals surface area contributed by atoms with Gasteiger partial charge in [-0.1, -0.05) is 51.4 Å². The maximum absolute atomic E-state index is 12.7. The molecule has 0 saturated carbocycles. The number of carbonyl (C=O) groups is 2. The molecule has 0 aliphatic carbocycles. The van der Waals surface area contributed by atoms with Gasteiger partial charge in [0.2, 0.25) is 0 Å². The zero-order chi connectivity index (χ0) is 21.6. The van der Waals surface area contributed by atoms with E-state index in [-0.39, 0.29) is 28.5 Å². The monoisotopic (exact) mass is 417 g/mol. The first-order chi connectivity index (χ1) is 13.7. The number of amides is 1. The molecule has 1 atom stereocenters. The van der Waals surface area contributed by atoms with Crippen molar-refractivity contribution in [3.63, 3.8) is 0 Å². The number of ether oxygens (including phenoxy) is 2. The summed E-state index contributed by atoms with van der Waals surface area (Å²) < 4.78 is 10.9. The summed E-state index contributed by atoms with van der Waals surface area (Å²) in [5.41, 5.74) is 1.89. The number of nitrogens with one attached hydrogen (secondary N) is 1. The summed E-state index contributed by atoms with van der Waals surface area (Å²) >= 11 is 6.07. The summed E-state index contributed by atoms with van der Waals surface area (Å²) in [7, 11) is 0. The molecule has 0 aliphatic heterocycles. The Bertz CT molecular complexity index is 856. The number of carbonyl (C=O) groups excluding carboxylic acids is 2. The molecule has 2 aromatic carbocycles. The number of rotatable bonds is 7. The number of benzene rings is 2. The van der Waals surface area contributed by atoms with Crippen molar-refractivity contribution in [2.24, 2.45) is 0 Å². The summed E-state index contributed by atoms with van der Waals surface area (Å²) in [5, 5.41) is 3.05. The fraction of sp³-hybridized carbons (Fsp3) is 0.391. The molecule has 29 heavy (non-hydrogen) atoms. The second-order valence-corrected chi connectivity index (χ2v) is 8.10. The lowest BCUT2D eigenvalue weighted by molar-refractivity contribution is -0.122. The topological polar surface area (TPSA) is 64.6 Å². The third-order valence-corrected chi connectivity index (χ3v) is 4.72. The van der Waals surface area contributed by atoms with Crippen LogP contribution in [0.4, 0.5) is 5.69 Å². The van der Waals surface area contributed by atoms with E-state index < -0.39 is 12.1 Å². The van der Waals surface area contributed by atoms with Crippen molar-refractivity contribution in [1.82, 2.24) is 0 Å². The Morgan fingerprint density at radius 2 is 1.72 bits per heavy atom. The summed E-state index contributed by atoms with van der Waals surface area (Å²) in [6.07, 6.45) is -0.178. The van der Waals surface area contributed by atoms with E-state index in [0.29, 0.717) is 17.9 Å². The van der Waals surface area contributed by atoms with Crippen molar-refractivity contribution < 1.29 is 19.1 Å². The van der Waals surface area contributed by atoms with Gasteiger partial charge in [0, 0.05) is 5.69 Å². The number of halogens is 1. The van der Waals surface area contributed by atoms with Gasteiger partial charge in [-0.25, -0.2) is 4.79 Å². The third kappa shape index (κ3) is 6.23. The Hall–Kier alpha value is -2.53. The zero-order valence-corrected chi connectivity index (χ0v) is 18.3. The summed E-state index contributed by atoms with van der Waals surface area (Å²) in [5.74, 6) is -0.205. The average Bonchev–Trinajstić information content (AvgIpc) is 2.67. The molecule has 1 amide bonds. The smallest absolute Gasteiger partial charge is 0.339 e. The van der Waals surface area contributed by atoms with Gasteiger partial charge >= 0.3 is 5.97 Å². The van der Waals surface area contributed by atoms with Crippen LogP contribution in [0, 0.1) is 0 Å². The number of anilines is 1. The summed E-state index contributed by atoms with van der Waals surface area (Å²) in [4.78, 5) is 24.7. The minimum Gasteiger partial charge on any atom is -0.481 e. The predicted octanol–water partition coefficient (Wildman–Crippen LogP) is 5.61. The number of hydrogen-bond acceptors (Lipinski definition) is 4. The maximum atomic E-state index is 12.7. The molecule has 156 valence electrons. The van der Waals surface area contributed by atoms with Crippen LogP contribution < -0.4 is 10.1 Å². The van der Waals surface area contributed by atoms with Crippen LogP contribution in [-0.2, 0) is 14.9 Å². The predicted molar refractivity (Wildman–Crippen MR) is 116 cm³/mol. The Morgan fingerprint density at radius 3 is 2.28 bits per heavy atom. The summed E-state index contributed by atoms with van der Waals surface area (Å²) in [6.45, 7) is 10.3. The average molecular weight is 418 g/mol. The van der Waals surface area contributed by atoms with Crippen LogP contribution in [0.5, 0.6) is 5.75 Å². The van der Waals surface area contributed by atoms with Crippen molar-refractivity contribution in [2.45, 2.75) is 52.6 Å². The molecule has 1 N–H and O–H groups in total. The van der Waals surface area contributed by atoms with Crippen molar-refractivity contribution in [3.05, 3.63) is 58.6 Å². The van der Waals surface area contributed by atoms with Crippen molar-refractivity contribution in [3.8, 4) is 5.75 Å². The molecule has 0 saturated heterocycles. The Kier molecular flexibility index (Phi) is 7.68. The first kappa shape index (κ1) is 22.8. The molecule has 0 radical (unpaired) electrons. The van der Waals surface area contributed by atoms with Crippen LogP contribution in [-0.4, -0.2) is 24.6 Å². The molecule has 0 heterocycles. The van der Waals surface area contributed by atoms with Gasteiger partial charge in [-0.05, 0) is 54.7 Å². The van der Waals surface area contributed by atoms with E-state index in [1.54, 1.807) is 19.1 Å². The van der Waals surface area contributed by atoms with E-state index in [1.165, 1.54) is 11.6 Å². The highest BCUT2D eigenvalue weighted by molar-refractivity contribution is 6.33. The van der Waals surface area contributed by atoms with Crippen LogP contribution in [0.15, 0.2) is 42.5 Å². The largest absolute Gasteiger partial charge is 0.481 e. The first-order valence-electron chi connectivity index (χ1n) is 9.70. The molecule has 2 aromatic rings. The lowest BCUT2D eigenvalue weighted by Crippen LogP contribution is -2.32. The number of hydrogen-bond donors (Lipinski definition) is 1. The Morgan fingerprint density at radius 1 is 1.07 bits per heavy atom. The second-order valence-electron chi connectivity index (χ2n) is 7.69. The molecular weight excluding hydrogens is 390 g/mol. The van der Waals surface area contributed by atoms with Crippen LogP contribution in [0.3, 0.4) is 0 Å². The minimum atomic E-state index is -0.669. The molecule has 5 nitrogen and oxygen atoms in total. The molecule has 6 heteroatoms. The number of esters is 1. The zero-order valence-electron chi connectivity index (χ0n) is 17.5. The lowest BCUT2D eigenvalue weighted by Gasteiger charge is -2.21. The fourth-order valence-corrected chi connectivity index (χ4v) is 2.91. The molecule has 0 fully saturated rings. The van der Waals surface area contributed by atoms with E-state index in [9.17, 15) is 9.59 Å². The highest BCUT2D eigenvalue weighted by Gasteiger charge is 2.21. The highest BCUT2D eigenvalue weighted by atomic mass is 35.5. The van der Waals surface area contributed by atoms with E-state index in [0.717, 1.165) is 0 Å². The SMILES string of the molecule is CCOC(=O)c1cc(NC(=O)[C@H](CC)Oc2ccc(C(C)(C)C)cc2)ccc1Cl. The van der Waals surface area contributed by atoms with Crippen molar-refractivity contribution in [2.75, 3.05) is 11.9 Å². The molecule has 0 aromatic heterocycles. The molecule has 0 spiro atoms. The van der Waals surface area contributed by atoms with Crippen LogP contribution in [0.2, 0.25) is 5.02 Å². The van der Waals surface area contributed by atoms with E-state index in [4.69, 9.17) is 21.1 Å². The Labute approximate surface area is 177 Å². The lowest BCUT2D eigenvalue weighted by atomic mass is 9.87. The van der Waals surface area contributed by atoms with E-state index in [1.807, 2.05) is 31.2 Å². The van der Waals surface area contributed by atoms with Crippen LogP contribution in [0.1, 0.15) is 57.0 Å². The van der Waals surface area contributed by atoms with E-state index >= 15 is 0 Å². The van der Waals surface area contributed by atoms with Gasteiger partial charge in [0.1, 0.15) is 5.75 Å². The van der Waals surface area contributed by atoms with Gasteiger partial charge in [0.25, 0.3) is 5.91 Å². The minimum absolute atomic E-state index is 0.0469. The van der Waals surface area contributed by atoms with Crippen molar-refractivity contribution >= 4 is 29.2 Å². The second kappa shape index (κ2) is 9.79. The molecule has 2 rings (SSSR count). The van der Waals surface area contributed by atoms with Crippen molar-refractivity contribution in [1.29, 1.82) is 0 Å². The molecule has 0 aliphatic rings. The first-order valence-corrected chi connectivity index (χ1v) is 10.1. The van der Waals surface area contributed by atoms with Gasteiger partial charge in [0.15, 0.2) is 6.10 Å². The van der Waals surface area contributed by atoms with Crippen LogP contribution >= 0.6 is 11.6 Å². The van der Waals surface area contributed by atoms with Gasteiger partial charge in [-0.15, -0.1) is 0 Å². The normalized spacial score (nSPS) is 12.2. The van der Waals surface area contributed by atoms with Gasteiger partial charge in [0.05, 0.1) is 17.2 Å². The Balaban J connectivity index is 2.10. The van der Waals surface area contributed by atoms with Gasteiger partial charge < -0.3 is 14.8 Å². The van der Waals surface area contributed by atoms with Gasteiger partial charge in [-0.3, -0.25) is 4.79 Å². The highest BCUT2D eigenvalue weighted by Crippen LogP contribution is 2.25. The van der Waals surface area contributed by atoms with Gasteiger partial charge in [-0.2, -0.15) is 0 Å².